The predicted molar refractivity (Wildman–Crippen MR) is 95.4 cm³/mol. The first-order chi connectivity index (χ1) is 11.9. The van der Waals surface area contributed by atoms with Gasteiger partial charge >= 0.3 is 17.9 Å². The number of hydrogen-bond donors (Lipinski definition) is 2. The minimum absolute atomic E-state index is 0.144. The number of carbonyl (C=O) groups excluding carboxylic acids is 1. The van der Waals surface area contributed by atoms with Gasteiger partial charge in [-0.3, -0.25) is 9.59 Å². The zero-order valence-corrected chi connectivity index (χ0v) is 15.5. The maximum atomic E-state index is 12.0. The van der Waals surface area contributed by atoms with Crippen LogP contribution in [0.25, 0.3) is 0 Å². The van der Waals surface area contributed by atoms with Gasteiger partial charge in [0.15, 0.2) is 0 Å². The fourth-order valence-corrected chi connectivity index (χ4v) is 2.55. The zero-order valence-electron chi connectivity index (χ0n) is 15.5. The molecule has 0 aliphatic heterocycles. The van der Waals surface area contributed by atoms with Gasteiger partial charge in [0.2, 0.25) is 0 Å². The Morgan fingerprint density at radius 3 is 1.92 bits per heavy atom. The molecule has 0 aromatic rings. The molecular weight excluding hydrogens is 324 g/mol. The Morgan fingerprint density at radius 1 is 0.800 bits per heavy atom. The largest absolute Gasteiger partial charge is 0.481 e. The van der Waals surface area contributed by atoms with Gasteiger partial charge in [-0.2, -0.15) is 0 Å². The molecule has 0 aromatic heterocycles. The van der Waals surface area contributed by atoms with Gasteiger partial charge < -0.3 is 14.9 Å². The summed E-state index contributed by atoms with van der Waals surface area (Å²) in [6.07, 6.45) is 7.37. The van der Waals surface area contributed by atoms with Crippen LogP contribution in [0.2, 0.25) is 0 Å². The average molecular weight is 356 g/mol. The van der Waals surface area contributed by atoms with Crippen molar-refractivity contribution in [3.05, 3.63) is 11.1 Å². The van der Waals surface area contributed by atoms with E-state index >= 15 is 0 Å². The van der Waals surface area contributed by atoms with Crippen LogP contribution in [0, 0.1) is 0 Å². The first-order valence-corrected chi connectivity index (χ1v) is 9.23. The molecule has 0 aliphatic carbocycles. The molecule has 0 aliphatic rings. The van der Waals surface area contributed by atoms with Crippen molar-refractivity contribution in [3.63, 3.8) is 0 Å². The van der Waals surface area contributed by atoms with E-state index in [1.54, 1.807) is 0 Å². The van der Waals surface area contributed by atoms with Gasteiger partial charge in [-0.1, -0.05) is 52.4 Å². The molecule has 0 amide bonds. The van der Waals surface area contributed by atoms with E-state index in [4.69, 9.17) is 9.84 Å². The highest BCUT2D eigenvalue weighted by Gasteiger charge is 2.20. The van der Waals surface area contributed by atoms with Crippen molar-refractivity contribution in [1.29, 1.82) is 0 Å². The number of carbonyl (C=O) groups is 3. The van der Waals surface area contributed by atoms with E-state index in [2.05, 4.69) is 13.8 Å². The second kappa shape index (κ2) is 14.5. The fourth-order valence-electron chi connectivity index (χ4n) is 2.55. The molecule has 0 rings (SSSR count). The minimum atomic E-state index is -1.27. The number of ether oxygens (including phenoxy) is 1. The SMILES string of the molecule is CCCCCCOC(=O)CC(CCCCCC)=C(CC(=O)O)C(=O)O. The molecule has 0 unspecified atom stereocenters. The molecule has 0 atom stereocenters. The van der Waals surface area contributed by atoms with Gasteiger partial charge in [0.25, 0.3) is 0 Å². The summed E-state index contributed by atoms with van der Waals surface area (Å²) in [6.45, 7) is 4.49. The Balaban J connectivity index is 4.83. The first-order valence-electron chi connectivity index (χ1n) is 9.23. The predicted octanol–water partition coefficient (Wildman–Crippen LogP) is 4.33. The number of aliphatic carboxylic acids is 2. The Hall–Kier alpha value is -1.85. The normalized spacial score (nSPS) is 11.8. The molecule has 0 heterocycles. The number of rotatable bonds is 15. The van der Waals surface area contributed by atoms with Gasteiger partial charge in [-0.05, 0) is 24.8 Å². The lowest BCUT2D eigenvalue weighted by Crippen LogP contribution is -2.14. The molecule has 6 heteroatoms. The molecule has 0 saturated carbocycles. The standard InChI is InChI=1S/C19H32O6/c1-3-5-7-9-11-15(16(19(23)24)14-17(20)21)13-18(22)25-12-10-8-6-4-2/h3-14H2,1-2H3,(H,20,21)(H,23,24). The van der Waals surface area contributed by atoms with Crippen LogP contribution in [-0.4, -0.2) is 34.7 Å². The fraction of sp³-hybridized carbons (Fsp3) is 0.737. The number of esters is 1. The average Bonchev–Trinajstić information content (AvgIpc) is 2.55. The third-order valence-electron chi connectivity index (χ3n) is 3.96. The molecular formula is C19H32O6. The first kappa shape index (κ1) is 23.1. The third-order valence-corrected chi connectivity index (χ3v) is 3.96. The Morgan fingerprint density at radius 2 is 1.40 bits per heavy atom. The monoisotopic (exact) mass is 356 g/mol. The quantitative estimate of drug-likeness (QED) is 0.257. The lowest BCUT2D eigenvalue weighted by molar-refractivity contribution is -0.143. The molecule has 25 heavy (non-hydrogen) atoms. The van der Waals surface area contributed by atoms with Gasteiger partial charge in [0, 0.05) is 5.57 Å². The van der Waals surface area contributed by atoms with E-state index in [-0.39, 0.29) is 12.0 Å². The second-order valence-electron chi connectivity index (χ2n) is 6.23. The van der Waals surface area contributed by atoms with Crippen molar-refractivity contribution < 1.29 is 29.3 Å². The summed E-state index contributed by atoms with van der Waals surface area (Å²) in [6, 6.07) is 0. The van der Waals surface area contributed by atoms with Crippen LogP contribution in [0.1, 0.15) is 84.5 Å². The van der Waals surface area contributed by atoms with E-state index in [1.165, 1.54) is 0 Å². The number of unbranched alkanes of at least 4 members (excludes halogenated alkanes) is 6. The molecule has 0 fully saturated rings. The molecule has 2 N–H and O–H groups in total. The maximum Gasteiger partial charge on any atom is 0.332 e. The maximum absolute atomic E-state index is 12.0. The molecule has 0 radical (unpaired) electrons. The molecule has 0 saturated heterocycles. The van der Waals surface area contributed by atoms with Crippen LogP contribution >= 0.6 is 0 Å². The molecule has 0 aromatic carbocycles. The van der Waals surface area contributed by atoms with E-state index in [9.17, 15) is 19.5 Å². The van der Waals surface area contributed by atoms with Crippen molar-refractivity contribution in [3.8, 4) is 0 Å². The third kappa shape index (κ3) is 12.2. The molecule has 0 bridgehead atoms. The van der Waals surface area contributed by atoms with E-state index < -0.39 is 24.3 Å². The van der Waals surface area contributed by atoms with Gasteiger partial charge in [0.05, 0.1) is 19.4 Å². The second-order valence-corrected chi connectivity index (χ2v) is 6.23. The van der Waals surface area contributed by atoms with Crippen molar-refractivity contribution in [2.45, 2.75) is 84.5 Å². The summed E-state index contributed by atoms with van der Waals surface area (Å²) in [5, 5.41) is 18.2. The van der Waals surface area contributed by atoms with Crippen molar-refractivity contribution in [1.82, 2.24) is 0 Å². The lowest BCUT2D eigenvalue weighted by Gasteiger charge is -2.12. The number of carboxylic acid groups (broad SMARTS) is 2. The highest BCUT2D eigenvalue weighted by molar-refractivity contribution is 5.93. The van der Waals surface area contributed by atoms with E-state index in [1.807, 2.05) is 0 Å². The van der Waals surface area contributed by atoms with Gasteiger partial charge in [-0.15, -0.1) is 0 Å². The van der Waals surface area contributed by atoms with E-state index in [0.29, 0.717) is 18.6 Å². The van der Waals surface area contributed by atoms with Crippen LogP contribution in [0.5, 0.6) is 0 Å². The van der Waals surface area contributed by atoms with Gasteiger partial charge in [-0.25, -0.2) is 4.79 Å². The summed E-state index contributed by atoms with van der Waals surface area (Å²) in [5.74, 6) is -2.97. The van der Waals surface area contributed by atoms with Crippen LogP contribution in [-0.2, 0) is 19.1 Å². The Labute approximate surface area is 150 Å². The molecule has 144 valence electrons. The van der Waals surface area contributed by atoms with Crippen LogP contribution in [0.3, 0.4) is 0 Å². The number of carboxylic acids is 2. The smallest absolute Gasteiger partial charge is 0.332 e. The van der Waals surface area contributed by atoms with Crippen LogP contribution < -0.4 is 0 Å². The van der Waals surface area contributed by atoms with Crippen molar-refractivity contribution >= 4 is 17.9 Å². The summed E-state index contributed by atoms with van der Waals surface area (Å²) in [7, 11) is 0. The summed E-state index contributed by atoms with van der Waals surface area (Å²) < 4.78 is 5.17. The van der Waals surface area contributed by atoms with Crippen molar-refractivity contribution in [2.24, 2.45) is 0 Å². The highest BCUT2D eigenvalue weighted by atomic mass is 16.5. The lowest BCUT2D eigenvalue weighted by atomic mass is 9.96. The van der Waals surface area contributed by atoms with Gasteiger partial charge in [0.1, 0.15) is 0 Å². The molecule has 0 spiro atoms. The summed E-state index contributed by atoms with van der Waals surface area (Å²) >= 11 is 0. The summed E-state index contributed by atoms with van der Waals surface area (Å²) in [5.41, 5.74) is 0.191. The topological polar surface area (TPSA) is 101 Å². The summed E-state index contributed by atoms with van der Waals surface area (Å²) in [4.78, 5) is 34.3. The van der Waals surface area contributed by atoms with E-state index in [0.717, 1.165) is 51.4 Å². The Bertz CT molecular complexity index is 453. The molecule has 6 nitrogen and oxygen atoms in total. The van der Waals surface area contributed by atoms with Crippen LogP contribution in [0.15, 0.2) is 11.1 Å². The van der Waals surface area contributed by atoms with Crippen LogP contribution in [0.4, 0.5) is 0 Å². The zero-order chi connectivity index (χ0) is 19.1. The highest BCUT2D eigenvalue weighted by Crippen LogP contribution is 2.21. The number of hydrogen-bond acceptors (Lipinski definition) is 4. The minimum Gasteiger partial charge on any atom is -0.481 e. The van der Waals surface area contributed by atoms with Crippen molar-refractivity contribution in [2.75, 3.05) is 6.61 Å². The Kier molecular flexibility index (Phi) is 13.4.